The predicted octanol–water partition coefficient (Wildman–Crippen LogP) is 3.06. The highest BCUT2D eigenvalue weighted by atomic mass is 19.1. The molecule has 2 rings (SSSR count). The van der Waals surface area contributed by atoms with Crippen molar-refractivity contribution >= 4 is 5.91 Å². The molecule has 0 bridgehead atoms. The number of amides is 1. The van der Waals surface area contributed by atoms with Crippen molar-refractivity contribution in [1.82, 2.24) is 5.32 Å². The van der Waals surface area contributed by atoms with Gasteiger partial charge in [0, 0.05) is 12.5 Å². The second-order valence-electron chi connectivity index (χ2n) is 6.43. The Morgan fingerprint density at radius 2 is 2.14 bits per heavy atom. The first kappa shape index (κ1) is 16.9. The standard InChI is InChI=1S/C18H26FNO2/c1-13(9-10-14-5-4-8-16(19)11-14)18(22)20-12-17(21)15-6-2-3-7-15/h4-5,8,11,13,15,17,21H,2-3,6-7,9-10,12H2,1H3,(H,20,22). The summed E-state index contributed by atoms with van der Waals surface area (Å²) in [5, 5.41) is 12.9. The molecule has 0 spiro atoms. The van der Waals surface area contributed by atoms with Crippen molar-refractivity contribution in [2.45, 2.75) is 51.6 Å². The van der Waals surface area contributed by atoms with E-state index in [0.717, 1.165) is 18.4 Å². The normalized spacial score (nSPS) is 18.1. The lowest BCUT2D eigenvalue weighted by atomic mass is 9.99. The van der Waals surface area contributed by atoms with Crippen LogP contribution in [-0.4, -0.2) is 23.7 Å². The van der Waals surface area contributed by atoms with E-state index in [9.17, 15) is 14.3 Å². The minimum absolute atomic E-state index is 0.0338. The number of hydrogen-bond acceptors (Lipinski definition) is 2. The Bertz CT molecular complexity index is 486. The molecule has 22 heavy (non-hydrogen) atoms. The molecule has 0 radical (unpaired) electrons. The van der Waals surface area contributed by atoms with Gasteiger partial charge in [0.15, 0.2) is 0 Å². The molecular formula is C18H26FNO2. The highest BCUT2D eigenvalue weighted by molar-refractivity contribution is 5.78. The van der Waals surface area contributed by atoms with Gasteiger partial charge in [0.25, 0.3) is 0 Å². The average Bonchev–Trinajstić information content (AvgIpc) is 3.04. The van der Waals surface area contributed by atoms with Crippen LogP contribution in [0.15, 0.2) is 24.3 Å². The van der Waals surface area contributed by atoms with Gasteiger partial charge in [0.05, 0.1) is 6.10 Å². The average molecular weight is 307 g/mol. The van der Waals surface area contributed by atoms with Crippen LogP contribution >= 0.6 is 0 Å². The van der Waals surface area contributed by atoms with Gasteiger partial charge < -0.3 is 10.4 Å². The molecule has 2 N–H and O–H groups in total. The smallest absolute Gasteiger partial charge is 0.222 e. The molecule has 0 heterocycles. The quantitative estimate of drug-likeness (QED) is 0.813. The summed E-state index contributed by atoms with van der Waals surface area (Å²) < 4.78 is 13.1. The van der Waals surface area contributed by atoms with E-state index in [0.29, 0.717) is 25.3 Å². The molecule has 1 saturated carbocycles. The Balaban J connectivity index is 1.70. The Labute approximate surface area is 131 Å². The maximum atomic E-state index is 13.1. The summed E-state index contributed by atoms with van der Waals surface area (Å²) in [7, 11) is 0. The second-order valence-corrected chi connectivity index (χ2v) is 6.43. The van der Waals surface area contributed by atoms with Crippen molar-refractivity contribution in [3.05, 3.63) is 35.6 Å². The van der Waals surface area contributed by atoms with Crippen LogP contribution in [0.1, 0.15) is 44.6 Å². The van der Waals surface area contributed by atoms with Crippen molar-refractivity contribution in [3.63, 3.8) is 0 Å². The van der Waals surface area contributed by atoms with Crippen molar-refractivity contribution in [1.29, 1.82) is 0 Å². The number of carbonyl (C=O) groups is 1. The van der Waals surface area contributed by atoms with Gasteiger partial charge in [-0.2, -0.15) is 0 Å². The lowest BCUT2D eigenvalue weighted by Crippen LogP contribution is -2.38. The lowest BCUT2D eigenvalue weighted by molar-refractivity contribution is -0.125. The van der Waals surface area contributed by atoms with Crippen molar-refractivity contribution < 1.29 is 14.3 Å². The van der Waals surface area contributed by atoms with Crippen LogP contribution in [0.2, 0.25) is 0 Å². The Morgan fingerprint density at radius 3 is 2.82 bits per heavy atom. The monoisotopic (exact) mass is 307 g/mol. The highest BCUT2D eigenvalue weighted by Gasteiger charge is 2.24. The number of benzene rings is 1. The summed E-state index contributed by atoms with van der Waals surface area (Å²) in [5.74, 6) is -0.0790. The summed E-state index contributed by atoms with van der Waals surface area (Å²) in [6, 6.07) is 6.49. The topological polar surface area (TPSA) is 49.3 Å². The molecule has 1 aliphatic rings. The van der Waals surface area contributed by atoms with E-state index >= 15 is 0 Å². The largest absolute Gasteiger partial charge is 0.391 e. The third kappa shape index (κ3) is 5.09. The van der Waals surface area contributed by atoms with E-state index < -0.39 is 6.10 Å². The van der Waals surface area contributed by atoms with E-state index in [-0.39, 0.29) is 17.6 Å². The summed E-state index contributed by atoms with van der Waals surface area (Å²) >= 11 is 0. The zero-order valence-electron chi connectivity index (χ0n) is 13.2. The molecular weight excluding hydrogens is 281 g/mol. The number of nitrogens with one attached hydrogen (secondary N) is 1. The first-order valence-corrected chi connectivity index (χ1v) is 8.26. The van der Waals surface area contributed by atoms with Gasteiger partial charge in [0.1, 0.15) is 5.82 Å². The van der Waals surface area contributed by atoms with Crippen molar-refractivity contribution in [2.75, 3.05) is 6.54 Å². The van der Waals surface area contributed by atoms with E-state index in [1.165, 1.54) is 25.0 Å². The summed E-state index contributed by atoms with van der Waals surface area (Å²) in [6.45, 7) is 2.21. The second kappa shape index (κ2) is 8.28. The van der Waals surface area contributed by atoms with Crippen molar-refractivity contribution in [3.8, 4) is 0 Å². The minimum atomic E-state index is -0.429. The van der Waals surface area contributed by atoms with Crippen LogP contribution in [0.25, 0.3) is 0 Å². The van der Waals surface area contributed by atoms with Crippen LogP contribution in [0, 0.1) is 17.7 Å². The molecule has 1 aromatic rings. The van der Waals surface area contributed by atoms with Gasteiger partial charge in [-0.25, -0.2) is 4.39 Å². The fourth-order valence-corrected chi connectivity index (χ4v) is 3.09. The van der Waals surface area contributed by atoms with Gasteiger partial charge in [-0.05, 0) is 49.3 Å². The first-order valence-electron chi connectivity index (χ1n) is 8.26. The van der Waals surface area contributed by atoms with Gasteiger partial charge >= 0.3 is 0 Å². The summed E-state index contributed by atoms with van der Waals surface area (Å²) in [5.41, 5.74) is 0.908. The molecule has 2 unspecified atom stereocenters. The fraction of sp³-hybridized carbons (Fsp3) is 0.611. The number of rotatable bonds is 7. The maximum absolute atomic E-state index is 13.1. The lowest BCUT2D eigenvalue weighted by Gasteiger charge is -2.19. The third-order valence-electron chi connectivity index (χ3n) is 4.63. The van der Waals surface area contributed by atoms with E-state index in [1.807, 2.05) is 13.0 Å². The Morgan fingerprint density at radius 1 is 1.41 bits per heavy atom. The van der Waals surface area contributed by atoms with Gasteiger partial charge in [0.2, 0.25) is 5.91 Å². The highest BCUT2D eigenvalue weighted by Crippen LogP contribution is 2.27. The van der Waals surface area contributed by atoms with E-state index in [1.54, 1.807) is 6.07 Å². The van der Waals surface area contributed by atoms with Crippen LogP contribution < -0.4 is 5.32 Å². The zero-order valence-corrected chi connectivity index (χ0v) is 13.2. The predicted molar refractivity (Wildman–Crippen MR) is 84.9 cm³/mol. The van der Waals surface area contributed by atoms with Crippen molar-refractivity contribution in [2.24, 2.45) is 11.8 Å². The first-order chi connectivity index (χ1) is 10.6. The molecule has 0 aromatic heterocycles. The van der Waals surface area contributed by atoms with Gasteiger partial charge in [-0.15, -0.1) is 0 Å². The maximum Gasteiger partial charge on any atom is 0.222 e. The molecule has 122 valence electrons. The van der Waals surface area contributed by atoms with Gasteiger partial charge in [-0.3, -0.25) is 4.79 Å². The zero-order chi connectivity index (χ0) is 15.9. The van der Waals surface area contributed by atoms with E-state index in [4.69, 9.17) is 0 Å². The number of aryl methyl sites for hydroxylation is 1. The Kier molecular flexibility index (Phi) is 6.37. The number of halogens is 1. The number of hydrogen-bond donors (Lipinski definition) is 2. The Hall–Kier alpha value is -1.42. The molecule has 4 heteroatoms. The molecule has 2 atom stereocenters. The molecule has 1 aromatic carbocycles. The van der Waals surface area contributed by atoms with Crippen LogP contribution in [0.4, 0.5) is 4.39 Å². The van der Waals surface area contributed by atoms with Crippen LogP contribution in [0.5, 0.6) is 0 Å². The van der Waals surface area contributed by atoms with Crippen LogP contribution in [0.3, 0.4) is 0 Å². The molecule has 1 amide bonds. The number of aliphatic hydroxyl groups excluding tert-OH is 1. The third-order valence-corrected chi connectivity index (χ3v) is 4.63. The molecule has 1 aliphatic carbocycles. The molecule has 1 fully saturated rings. The van der Waals surface area contributed by atoms with E-state index in [2.05, 4.69) is 5.32 Å². The summed E-state index contributed by atoms with van der Waals surface area (Å²) in [6.07, 6.45) is 5.41. The molecule has 3 nitrogen and oxygen atoms in total. The summed E-state index contributed by atoms with van der Waals surface area (Å²) in [4.78, 5) is 12.1. The number of carbonyl (C=O) groups excluding carboxylic acids is 1. The van der Waals surface area contributed by atoms with Crippen LogP contribution in [-0.2, 0) is 11.2 Å². The molecule has 0 aliphatic heterocycles. The number of aliphatic hydroxyl groups is 1. The molecule has 0 saturated heterocycles. The van der Waals surface area contributed by atoms with Gasteiger partial charge in [-0.1, -0.05) is 31.9 Å². The SMILES string of the molecule is CC(CCc1cccc(F)c1)C(=O)NCC(O)C1CCCC1. The minimum Gasteiger partial charge on any atom is -0.391 e. The fourth-order valence-electron chi connectivity index (χ4n) is 3.09.